The number of benzene rings is 3. The maximum absolute atomic E-state index is 8.28. The van der Waals surface area contributed by atoms with Gasteiger partial charge in [-0.15, -0.1) is 0 Å². The third-order valence-electron chi connectivity index (χ3n) is 4.59. The van der Waals surface area contributed by atoms with E-state index in [-0.39, 0.29) is 5.75 Å². The largest absolute Gasteiger partial charge is 0.492 e. The van der Waals surface area contributed by atoms with Gasteiger partial charge in [-0.3, -0.25) is 0 Å². The van der Waals surface area contributed by atoms with Crippen molar-refractivity contribution in [1.29, 1.82) is 0 Å². The number of rotatable bonds is 9. The number of hydrogen-bond acceptors (Lipinski definition) is 2. The first-order chi connectivity index (χ1) is 15.7. The standard InChI is InChI=1S/C26H28ClNO/c1-3-28(4-2)19-20-29-24-17-15-22(16-18-24)25(21-11-7-5-8-12-21)26(27)23-13-9-6-10-14-23/h5-18H,3-4,19-20H2,1-2H3/b26-25+/i19D2,20D2. The van der Waals surface area contributed by atoms with Gasteiger partial charge in [-0.1, -0.05) is 98.2 Å². The smallest absolute Gasteiger partial charge is 0.119 e. The molecule has 0 radical (unpaired) electrons. The molecule has 0 aliphatic rings. The first-order valence-electron chi connectivity index (χ1n) is 11.8. The summed E-state index contributed by atoms with van der Waals surface area (Å²) < 4.78 is 38.6. The molecule has 29 heavy (non-hydrogen) atoms. The van der Waals surface area contributed by atoms with Crippen molar-refractivity contribution in [2.45, 2.75) is 13.8 Å². The lowest BCUT2D eigenvalue weighted by molar-refractivity contribution is 0.223. The van der Waals surface area contributed by atoms with Crippen LogP contribution in [0.25, 0.3) is 10.6 Å². The van der Waals surface area contributed by atoms with E-state index in [0.29, 0.717) is 18.1 Å². The summed E-state index contributed by atoms with van der Waals surface area (Å²) in [5.41, 5.74) is 3.53. The van der Waals surface area contributed by atoms with E-state index >= 15 is 0 Å². The summed E-state index contributed by atoms with van der Waals surface area (Å²) >= 11 is 6.85. The first-order valence-corrected chi connectivity index (χ1v) is 10.1. The predicted molar refractivity (Wildman–Crippen MR) is 124 cm³/mol. The molecule has 0 heterocycles. The van der Waals surface area contributed by atoms with E-state index in [0.717, 1.165) is 22.3 Å². The van der Waals surface area contributed by atoms with Crippen LogP contribution in [0.5, 0.6) is 5.75 Å². The summed E-state index contributed by atoms with van der Waals surface area (Å²) in [6.45, 7) is -0.509. The Morgan fingerprint density at radius 1 is 0.793 bits per heavy atom. The van der Waals surface area contributed by atoms with Crippen molar-refractivity contribution in [2.75, 3.05) is 26.1 Å². The monoisotopic (exact) mass is 409 g/mol. The van der Waals surface area contributed by atoms with Gasteiger partial charge in [0.1, 0.15) is 12.3 Å². The third kappa shape index (κ3) is 5.72. The Labute approximate surface area is 185 Å². The molecule has 0 fully saturated rings. The van der Waals surface area contributed by atoms with Crippen LogP contribution in [0.15, 0.2) is 84.9 Å². The Balaban J connectivity index is 1.97. The van der Waals surface area contributed by atoms with E-state index in [1.807, 2.05) is 72.8 Å². The van der Waals surface area contributed by atoms with Crippen LogP contribution in [0.4, 0.5) is 0 Å². The van der Waals surface area contributed by atoms with E-state index in [1.165, 1.54) is 4.90 Å². The van der Waals surface area contributed by atoms with Crippen LogP contribution in [-0.2, 0) is 0 Å². The third-order valence-corrected chi connectivity index (χ3v) is 5.00. The van der Waals surface area contributed by atoms with Crippen molar-refractivity contribution in [3.63, 3.8) is 0 Å². The van der Waals surface area contributed by atoms with Crippen molar-refractivity contribution in [1.82, 2.24) is 4.90 Å². The second-order valence-electron chi connectivity index (χ2n) is 6.43. The fourth-order valence-corrected chi connectivity index (χ4v) is 3.32. The van der Waals surface area contributed by atoms with Gasteiger partial charge in [0.15, 0.2) is 0 Å². The topological polar surface area (TPSA) is 12.5 Å². The second-order valence-corrected chi connectivity index (χ2v) is 6.81. The van der Waals surface area contributed by atoms with Crippen LogP contribution in [0.1, 0.15) is 36.0 Å². The highest BCUT2D eigenvalue weighted by molar-refractivity contribution is 6.53. The molecule has 0 atom stereocenters. The van der Waals surface area contributed by atoms with Crippen molar-refractivity contribution >= 4 is 22.2 Å². The SMILES string of the molecule is [2H]C([2H])(Oc1ccc(/C(=C(/Cl)c2ccccc2)c2ccccc2)cc1)C([2H])([2H])N(CC)CC. The lowest BCUT2D eigenvalue weighted by Gasteiger charge is -2.18. The summed E-state index contributed by atoms with van der Waals surface area (Å²) in [6.07, 6.45) is 0. The average Bonchev–Trinajstić information content (AvgIpc) is 2.82. The van der Waals surface area contributed by atoms with Crippen molar-refractivity contribution in [3.05, 3.63) is 102 Å². The zero-order chi connectivity index (χ0) is 24.1. The number of ether oxygens (including phenoxy) is 1. The highest BCUT2D eigenvalue weighted by Crippen LogP contribution is 2.35. The molecule has 0 N–H and O–H groups in total. The summed E-state index contributed by atoms with van der Waals surface area (Å²) in [5.74, 6) is 0.239. The molecule has 150 valence electrons. The van der Waals surface area contributed by atoms with Gasteiger partial charge in [0, 0.05) is 14.8 Å². The number of halogens is 1. The summed E-state index contributed by atoms with van der Waals surface area (Å²) in [5, 5.41) is 0.601. The average molecular weight is 410 g/mol. The molecule has 3 aromatic rings. The van der Waals surface area contributed by atoms with Crippen LogP contribution in [0, 0.1) is 0 Å². The number of hydrogen-bond donors (Lipinski definition) is 0. The summed E-state index contributed by atoms with van der Waals surface area (Å²) in [6, 6.07) is 26.4. The van der Waals surface area contributed by atoms with E-state index in [2.05, 4.69) is 0 Å². The minimum atomic E-state index is -2.54. The Kier molecular flexibility index (Phi) is 6.09. The minimum Gasteiger partial charge on any atom is -0.492 e. The first kappa shape index (κ1) is 16.3. The molecule has 2 nitrogen and oxygen atoms in total. The minimum absolute atomic E-state index is 0.239. The molecule has 3 aromatic carbocycles. The Morgan fingerprint density at radius 2 is 1.31 bits per heavy atom. The zero-order valence-corrected chi connectivity index (χ0v) is 17.5. The van der Waals surface area contributed by atoms with E-state index in [4.69, 9.17) is 21.8 Å². The number of nitrogens with zero attached hydrogens (tertiary/aromatic N) is 1. The lowest BCUT2D eigenvalue weighted by Crippen LogP contribution is -2.27. The Bertz CT molecular complexity index is 1070. The van der Waals surface area contributed by atoms with Gasteiger partial charge < -0.3 is 9.64 Å². The van der Waals surface area contributed by atoms with Gasteiger partial charge in [-0.25, -0.2) is 0 Å². The molecular formula is C26H28ClNO. The molecule has 0 aromatic heterocycles. The molecule has 0 saturated heterocycles. The van der Waals surface area contributed by atoms with E-state index in [1.54, 1.807) is 26.0 Å². The fraction of sp³-hybridized carbons (Fsp3) is 0.231. The predicted octanol–water partition coefficient (Wildman–Crippen LogP) is 6.56. The summed E-state index contributed by atoms with van der Waals surface area (Å²) in [7, 11) is 0. The van der Waals surface area contributed by atoms with Gasteiger partial charge in [-0.2, -0.15) is 0 Å². The highest BCUT2D eigenvalue weighted by Gasteiger charge is 2.12. The van der Waals surface area contributed by atoms with E-state index in [9.17, 15) is 0 Å². The van der Waals surface area contributed by atoms with Gasteiger partial charge in [0.25, 0.3) is 0 Å². The van der Waals surface area contributed by atoms with Crippen LogP contribution < -0.4 is 4.74 Å². The number of likely N-dealkylation sites (N-methyl/N-ethyl adjacent to an activating group) is 1. The van der Waals surface area contributed by atoms with Gasteiger partial charge >= 0.3 is 0 Å². The van der Waals surface area contributed by atoms with Gasteiger partial charge in [-0.05, 0) is 41.9 Å². The van der Waals surface area contributed by atoms with Crippen LogP contribution in [0.2, 0.25) is 0 Å². The molecule has 3 rings (SSSR count). The molecule has 0 aliphatic heterocycles. The van der Waals surface area contributed by atoms with Crippen LogP contribution in [-0.4, -0.2) is 31.0 Å². The van der Waals surface area contributed by atoms with Crippen molar-refractivity contribution < 1.29 is 10.2 Å². The molecule has 0 saturated carbocycles. The van der Waals surface area contributed by atoms with Crippen LogP contribution in [0.3, 0.4) is 0 Å². The normalized spacial score (nSPS) is 15.0. The highest BCUT2D eigenvalue weighted by atomic mass is 35.5. The molecule has 0 spiro atoms. The quantitative estimate of drug-likeness (QED) is 0.371. The molecule has 0 bridgehead atoms. The molecule has 0 amide bonds. The maximum atomic E-state index is 8.28. The van der Waals surface area contributed by atoms with Crippen molar-refractivity contribution in [2.24, 2.45) is 0 Å². The van der Waals surface area contributed by atoms with Gasteiger partial charge in [0.2, 0.25) is 0 Å². The summed E-state index contributed by atoms with van der Waals surface area (Å²) in [4.78, 5) is 1.40. The molecule has 3 heteroatoms. The maximum Gasteiger partial charge on any atom is 0.119 e. The Morgan fingerprint density at radius 3 is 1.86 bits per heavy atom. The fourth-order valence-electron chi connectivity index (χ4n) is 2.97. The molecule has 0 unspecified atom stereocenters. The second kappa shape index (κ2) is 10.8. The van der Waals surface area contributed by atoms with Crippen LogP contribution >= 0.6 is 11.6 Å². The van der Waals surface area contributed by atoms with E-state index < -0.39 is 13.1 Å². The Hall–Kier alpha value is -2.55. The zero-order valence-electron chi connectivity index (χ0n) is 20.7. The lowest BCUT2D eigenvalue weighted by atomic mass is 9.95. The molecule has 0 aliphatic carbocycles. The van der Waals surface area contributed by atoms with Gasteiger partial charge in [0.05, 0.1) is 7.77 Å². The van der Waals surface area contributed by atoms with Crippen molar-refractivity contribution in [3.8, 4) is 5.75 Å². The molecular weight excluding hydrogens is 378 g/mol.